The summed E-state index contributed by atoms with van der Waals surface area (Å²) in [5.74, 6) is 0.983. The molecule has 1 aliphatic rings. The van der Waals surface area contributed by atoms with Crippen molar-refractivity contribution in [1.82, 2.24) is 9.88 Å². The second-order valence-corrected chi connectivity index (χ2v) is 8.88. The Balaban J connectivity index is 1.78. The molecule has 1 aliphatic heterocycles. The highest BCUT2D eigenvalue weighted by Gasteiger charge is 2.26. The fourth-order valence-corrected chi connectivity index (χ4v) is 4.22. The van der Waals surface area contributed by atoms with Crippen molar-refractivity contribution in [3.63, 3.8) is 0 Å². The van der Waals surface area contributed by atoms with Gasteiger partial charge in [0.1, 0.15) is 17.3 Å². The molecule has 0 aliphatic carbocycles. The smallest absolute Gasteiger partial charge is 0.387 e. The molecule has 1 saturated heterocycles. The third-order valence-electron chi connectivity index (χ3n) is 6.00. The number of phenolic OH excluding ortho intramolecular Hbond substituents is 1. The summed E-state index contributed by atoms with van der Waals surface area (Å²) in [5.41, 5.74) is 3.57. The number of pyridine rings is 1. The predicted molar refractivity (Wildman–Crippen MR) is 127 cm³/mol. The number of aryl methyl sites for hydroxylation is 1. The van der Waals surface area contributed by atoms with Crippen LogP contribution < -0.4 is 9.64 Å². The second-order valence-electron chi connectivity index (χ2n) is 8.47. The molecule has 0 saturated carbocycles. The van der Waals surface area contributed by atoms with E-state index in [1.807, 2.05) is 19.1 Å². The Morgan fingerprint density at radius 2 is 1.85 bits per heavy atom. The average molecular weight is 474 g/mol. The second kappa shape index (κ2) is 9.53. The van der Waals surface area contributed by atoms with Crippen LogP contribution in [0.2, 0.25) is 5.02 Å². The number of rotatable bonds is 6. The Kier molecular flexibility index (Phi) is 6.72. The van der Waals surface area contributed by atoms with Gasteiger partial charge in [0, 0.05) is 29.7 Å². The minimum Gasteiger partial charge on any atom is -0.507 e. The Morgan fingerprint density at radius 3 is 2.48 bits per heavy atom. The topological polar surface area (TPSA) is 48.8 Å². The van der Waals surface area contributed by atoms with Gasteiger partial charge in [-0.3, -0.25) is 0 Å². The summed E-state index contributed by atoms with van der Waals surface area (Å²) in [5, 5.41) is 11.2. The summed E-state index contributed by atoms with van der Waals surface area (Å²) in [6.45, 7) is 0.658. The van der Waals surface area contributed by atoms with Crippen LogP contribution in [0.5, 0.6) is 11.5 Å². The van der Waals surface area contributed by atoms with Gasteiger partial charge in [-0.05, 0) is 80.5 Å². The molecule has 1 fully saturated rings. The summed E-state index contributed by atoms with van der Waals surface area (Å²) in [4.78, 5) is 9.29. The number of phenols is 1. The van der Waals surface area contributed by atoms with Gasteiger partial charge in [0.05, 0.1) is 5.69 Å². The van der Waals surface area contributed by atoms with Gasteiger partial charge in [-0.1, -0.05) is 23.7 Å². The van der Waals surface area contributed by atoms with Crippen molar-refractivity contribution in [2.75, 3.05) is 32.1 Å². The van der Waals surface area contributed by atoms with Crippen LogP contribution in [0, 0.1) is 6.92 Å². The number of aromatic nitrogens is 1. The van der Waals surface area contributed by atoms with Crippen LogP contribution in [0.25, 0.3) is 22.4 Å². The van der Waals surface area contributed by atoms with Gasteiger partial charge in [-0.15, -0.1) is 0 Å². The molecule has 5 nitrogen and oxygen atoms in total. The maximum absolute atomic E-state index is 12.5. The highest BCUT2D eigenvalue weighted by molar-refractivity contribution is 6.31. The van der Waals surface area contributed by atoms with Gasteiger partial charge in [0.2, 0.25) is 0 Å². The molecule has 1 N–H and O–H groups in total. The first-order chi connectivity index (χ1) is 15.7. The molecule has 0 radical (unpaired) electrons. The van der Waals surface area contributed by atoms with Gasteiger partial charge in [0.15, 0.2) is 0 Å². The molecule has 4 rings (SSSR count). The van der Waals surface area contributed by atoms with E-state index in [1.165, 1.54) is 12.1 Å². The number of ether oxygens (including phenoxy) is 1. The number of alkyl halides is 2. The monoisotopic (exact) mass is 473 g/mol. The fourth-order valence-electron chi connectivity index (χ4n) is 4.05. The van der Waals surface area contributed by atoms with Gasteiger partial charge in [-0.25, -0.2) is 4.98 Å². The zero-order valence-electron chi connectivity index (χ0n) is 18.7. The summed E-state index contributed by atoms with van der Waals surface area (Å²) >= 11 is 6.34. The van der Waals surface area contributed by atoms with Crippen molar-refractivity contribution < 1.29 is 18.6 Å². The van der Waals surface area contributed by atoms with Crippen molar-refractivity contribution in [1.29, 1.82) is 0 Å². The summed E-state index contributed by atoms with van der Waals surface area (Å²) in [7, 11) is 4.14. The van der Waals surface area contributed by atoms with Crippen LogP contribution in [-0.4, -0.2) is 54.8 Å². The molecule has 1 atom stereocenters. The minimum atomic E-state index is -2.87. The Bertz CT molecular complexity index is 1140. The normalized spacial score (nSPS) is 16.1. The molecular formula is C25H26ClF2N3O2. The van der Waals surface area contributed by atoms with Crippen molar-refractivity contribution in [3.8, 4) is 33.9 Å². The van der Waals surface area contributed by atoms with E-state index in [9.17, 15) is 13.9 Å². The van der Waals surface area contributed by atoms with Crippen molar-refractivity contribution in [3.05, 3.63) is 59.1 Å². The lowest BCUT2D eigenvalue weighted by Gasteiger charge is -2.22. The lowest BCUT2D eigenvalue weighted by Crippen LogP contribution is -2.31. The molecule has 1 unspecified atom stereocenters. The van der Waals surface area contributed by atoms with E-state index in [4.69, 9.17) is 16.6 Å². The lowest BCUT2D eigenvalue weighted by molar-refractivity contribution is -0.0498. The van der Waals surface area contributed by atoms with Crippen LogP contribution in [0.15, 0.2) is 48.5 Å². The SMILES string of the molecule is Cc1cc(O)c(-c2cc(-c3ccc(OC(F)F)cc3)cc(N3CCC(N(C)C)C3)n2)cc1Cl. The van der Waals surface area contributed by atoms with Gasteiger partial charge in [0.25, 0.3) is 0 Å². The van der Waals surface area contributed by atoms with E-state index in [0.29, 0.717) is 22.3 Å². The fraction of sp³-hybridized carbons (Fsp3) is 0.320. The molecular weight excluding hydrogens is 448 g/mol. The molecule has 0 amide bonds. The number of benzene rings is 2. The summed E-state index contributed by atoms with van der Waals surface area (Å²) in [6, 6.07) is 14.1. The Morgan fingerprint density at radius 1 is 1.12 bits per heavy atom. The lowest BCUT2D eigenvalue weighted by atomic mass is 10.0. The van der Waals surface area contributed by atoms with Crippen LogP contribution in [0.1, 0.15) is 12.0 Å². The number of nitrogens with zero attached hydrogens (tertiary/aromatic N) is 3. The predicted octanol–water partition coefficient (Wildman–Crippen LogP) is 5.82. The quantitative estimate of drug-likeness (QED) is 0.488. The van der Waals surface area contributed by atoms with E-state index in [-0.39, 0.29) is 11.5 Å². The number of likely N-dealkylation sites (N-methyl/N-ethyl adjacent to an activating group) is 1. The molecule has 8 heteroatoms. The highest BCUT2D eigenvalue weighted by Crippen LogP contribution is 2.37. The minimum absolute atomic E-state index is 0.0968. The third-order valence-corrected chi connectivity index (χ3v) is 6.40. The maximum atomic E-state index is 12.5. The number of hydrogen-bond donors (Lipinski definition) is 1. The number of anilines is 1. The molecule has 2 heterocycles. The molecule has 1 aromatic heterocycles. The van der Waals surface area contributed by atoms with E-state index in [1.54, 1.807) is 24.3 Å². The molecule has 33 heavy (non-hydrogen) atoms. The molecule has 0 spiro atoms. The van der Waals surface area contributed by atoms with Gasteiger partial charge >= 0.3 is 6.61 Å². The van der Waals surface area contributed by atoms with E-state index < -0.39 is 6.61 Å². The van der Waals surface area contributed by atoms with Crippen molar-refractivity contribution in [2.24, 2.45) is 0 Å². The van der Waals surface area contributed by atoms with Crippen LogP contribution in [0.4, 0.5) is 14.6 Å². The molecule has 2 aromatic carbocycles. The van der Waals surface area contributed by atoms with E-state index in [0.717, 1.165) is 42.0 Å². The van der Waals surface area contributed by atoms with E-state index >= 15 is 0 Å². The van der Waals surface area contributed by atoms with Crippen LogP contribution >= 0.6 is 11.6 Å². The largest absolute Gasteiger partial charge is 0.507 e. The first-order valence-corrected chi connectivity index (χ1v) is 11.1. The number of halogens is 3. The maximum Gasteiger partial charge on any atom is 0.387 e. The standard InChI is InChI=1S/C25H26ClF2N3O2/c1-15-10-23(32)20(13-21(15)26)22-11-17(16-4-6-19(7-5-16)33-25(27)28)12-24(29-22)31-9-8-18(14-31)30(2)3/h4-7,10-13,18,25,32H,8-9,14H2,1-3H3. The number of hydrogen-bond acceptors (Lipinski definition) is 5. The Labute approximate surface area is 197 Å². The van der Waals surface area contributed by atoms with Gasteiger partial charge < -0.3 is 19.6 Å². The first-order valence-electron chi connectivity index (χ1n) is 10.7. The van der Waals surface area contributed by atoms with E-state index in [2.05, 4.69) is 28.6 Å². The zero-order valence-corrected chi connectivity index (χ0v) is 19.5. The summed E-state index contributed by atoms with van der Waals surface area (Å²) in [6.07, 6.45) is 1.02. The Hall–Kier alpha value is -2.90. The van der Waals surface area contributed by atoms with Gasteiger partial charge in [-0.2, -0.15) is 8.78 Å². The van der Waals surface area contributed by atoms with Crippen molar-refractivity contribution in [2.45, 2.75) is 26.0 Å². The first kappa shape index (κ1) is 23.3. The summed E-state index contributed by atoms with van der Waals surface area (Å²) < 4.78 is 29.5. The average Bonchev–Trinajstić information content (AvgIpc) is 3.27. The van der Waals surface area contributed by atoms with Crippen LogP contribution in [0.3, 0.4) is 0 Å². The number of aromatic hydroxyl groups is 1. The zero-order chi connectivity index (χ0) is 23.7. The molecule has 3 aromatic rings. The molecule has 174 valence electrons. The van der Waals surface area contributed by atoms with Crippen molar-refractivity contribution >= 4 is 17.4 Å². The molecule has 0 bridgehead atoms. The van der Waals surface area contributed by atoms with Crippen LogP contribution in [-0.2, 0) is 0 Å². The third kappa shape index (κ3) is 5.20. The highest BCUT2D eigenvalue weighted by atomic mass is 35.5.